The molecule has 3 heterocycles. The minimum absolute atomic E-state index is 0.00994. The quantitative estimate of drug-likeness (QED) is 0.848. The Morgan fingerprint density at radius 2 is 2.21 bits per heavy atom. The molecule has 1 amide bonds. The Balaban J connectivity index is 1.87. The Labute approximate surface area is 140 Å². The van der Waals surface area contributed by atoms with E-state index in [0.717, 1.165) is 18.2 Å². The lowest BCUT2D eigenvalue weighted by Gasteiger charge is -2.31. The molecule has 0 aliphatic carbocycles. The third kappa shape index (κ3) is 3.17. The van der Waals surface area contributed by atoms with E-state index in [1.165, 1.54) is 12.3 Å². The second-order valence-corrected chi connectivity index (χ2v) is 6.47. The van der Waals surface area contributed by atoms with Gasteiger partial charge in [-0.05, 0) is 38.6 Å². The first-order valence-corrected chi connectivity index (χ1v) is 8.02. The topological polar surface area (TPSA) is 54.3 Å². The molecule has 2 aromatic heterocycles. The van der Waals surface area contributed by atoms with Gasteiger partial charge in [0.2, 0.25) is 0 Å². The fraction of sp³-hybridized carbons (Fsp3) is 0.471. The summed E-state index contributed by atoms with van der Waals surface area (Å²) < 4.78 is 15.7. The maximum absolute atomic E-state index is 14.0. The van der Waals surface area contributed by atoms with Gasteiger partial charge in [-0.15, -0.1) is 0 Å². The summed E-state index contributed by atoms with van der Waals surface area (Å²) in [5.41, 5.74) is 1.16. The number of hydrogen-bond acceptors (Lipinski definition) is 4. The van der Waals surface area contributed by atoms with E-state index in [1.807, 2.05) is 33.5 Å². The van der Waals surface area contributed by atoms with Crippen LogP contribution < -0.4 is 0 Å². The van der Waals surface area contributed by atoms with Crippen LogP contribution in [0.4, 0.5) is 4.39 Å². The van der Waals surface area contributed by atoms with Crippen LogP contribution in [0.15, 0.2) is 30.9 Å². The number of likely N-dealkylation sites (N-methyl/N-ethyl adjacent to an activating group) is 1. The van der Waals surface area contributed by atoms with Gasteiger partial charge in [-0.25, -0.2) is 4.39 Å². The zero-order valence-electron chi connectivity index (χ0n) is 14.2. The monoisotopic (exact) mass is 331 g/mol. The number of carbonyl (C=O) groups excluding carboxylic acids is 1. The number of aryl methyl sites for hydroxylation is 1. The largest absolute Gasteiger partial charge is 0.334 e. The second-order valence-electron chi connectivity index (χ2n) is 6.47. The molecule has 6 nitrogen and oxygen atoms in total. The number of amides is 1. The van der Waals surface area contributed by atoms with E-state index in [2.05, 4.69) is 15.0 Å². The summed E-state index contributed by atoms with van der Waals surface area (Å²) in [6.07, 6.45) is 7.89. The average Bonchev–Trinajstić information content (AvgIpc) is 3.14. The van der Waals surface area contributed by atoms with Crippen molar-refractivity contribution in [1.82, 2.24) is 24.6 Å². The highest BCUT2D eigenvalue weighted by atomic mass is 19.1. The minimum atomic E-state index is -0.573. The summed E-state index contributed by atoms with van der Waals surface area (Å²) in [6.45, 7) is 0.619. The maximum atomic E-state index is 14.0. The van der Waals surface area contributed by atoms with Crippen molar-refractivity contribution in [3.05, 3.63) is 47.8 Å². The van der Waals surface area contributed by atoms with Crippen LogP contribution in [0.2, 0.25) is 0 Å². The van der Waals surface area contributed by atoms with E-state index in [1.54, 1.807) is 9.58 Å². The molecule has 0 saturated carbocycles. The van der Waals surface area contributed by atoms with E-state index in [9.17, 15) is 9.18 Å². The number of halogens is 1. The van der Waals surface area contributed by atoms with Gasteiger partial charge in [0.05, 0.1) is 24.0 Å². The van der Waals surface area contributed by atoms with Crippen LogP contribution in [-0.4, -0.2) is 63.2 Å². The smallest absolute Gasteiger partial charge is 0.257 e. The summed E-state index contributed by atoms with van der Waals surface area (Å²) in [5.74, 6) is -0.843. The van der Waals surface area contributed by atoms with Gasteiger partial charge in [0.15, 0.2) is 5.82 Å². The lowest BCUT2D eigenvalue weighted by atomic mass is 10.0. The molecule has 1 aliphatic rings. The third-order valence-corrected chi connectivity index (χ3v) is 4.64. The van der Waals surface area contributed by atoms with Gasteiger partial charge in [0.25, 0.3) is 5.91 Å². The third-order valence-electron chi connectivity index (χ3n) is 4.64. The normalized spacial score (nSPS) is 20.8. The van der Waals surface area contributed by atoms with Crippen molar-refractivity contribution >= 4 is 5.91 Å². The Bertz CT molecular complexity index is 729. The predicted molar refractivity (Wildman–Crippen MR) is 88.0 cm³/mol. The molecule has 1 fully saturated rings. The lowest BCUT2D eigenvalue weighted by molar-refractivity contribution is 0.0699. The highest BCUT2D eigenvalue weighted by Gasteiger charge is 2.39. The van der Waals surface area contributed by atoms with Crippen molar-refractivity contribution in [3.8, 4) is 0 Å². The summed E-state index contributed by atoms with van der Waals surface area (Å²) >= 11 is 0. The van der Waals surface area contributed by atoms with Crippen molar-refractivity contribution in [2.75, 3.05) is 20.6 Å². The number of rotatable bonds is 4. The summed E-state index contributed by atoms with van der Waals surface area (Å²) in [6, 6.07) is 1.67. The fourth-order valence-electron chi connectivity index (χ4n) is 3.46. The average molecular weight is 331 g/mol. The Morgan fingerprint density at radius 1 is 1.42 bits per heavy atom. The van der Waals surface area contributed by atoms with Gasteiger partial charge in [-0.1, -0.05) is 0 Å². The first-order chi connectivity index (χ1) is 11.5. The SMILES string of the molecule is CN(C)[C@@H]1CCN(C(=O)c2ccncc2F)[C@H]1Cc1cnn(C)c1. The maximum Gasteiger partial charge on any atom is 0.257 e. The fourth-order valence-corrected chi connectivity index (χ4v) is 3.46. The van der Waals surface area contributed by atoms with Crippen LogP contribution in [0.25, 0.3) is 0 Å². The molecule has 3 rings (SSSR count). The summed E-state index contributed by atoms with van der Waals surface area (Å²) in [7, 11) is 5.90. The number of likely N-dealkylation sites (tertiary alicyclic amines) is 1. The molecule has 2 aromatic rings. The molecule has 1 saturated heterocycles. The second kappa shape index (κ2) is 6.68. The van der Waals surface area contributed by atoms with Crippen molar-refractivity contribution in [3.63, 3.8) is 0 Å². The van der Waals surface area contributed by atoms with E-state index < -0.39 is 5.82 Å². The Morgan fingerprint density at radius 3 is 2.83 bits per heavy atom. The molecule has 0 spiro atoms. The van der Waals surface area contributed by atoms with Crippen LogP contribution >= 0.6 is 0 Å². The highest BCUT2D eigenvalue weighted by molar-refractivity contribution is 5.94. The van der Waals surface area contributed by atoms with Crippen LogP contribution in [0.1, 0.15) is 22.3 Å². The first kappa shape index (κ1) is 16.6. The standard InChI is InChI=1S/C17H22FN5O/c1-21(2)15-5-7-23(16(15)8-12-9-20-22(3)11-12)17(24)13-4-6-19-10-14(13)18/h4,6,9-11,15-16H,5,7-8H2,1-3H3/t15-,16+/m1/s1. The van der Waals surface area contributed by atoms with Crippen molar-refractivity contribution < 1.29 is 9.18 Å². The first-order valence-electron chi connectivity index (χ1n) is 8.02. The van der Waals surface area contributed by atoms with Crippen molar-refractivity contribution in [1.29, 1.82) is 0 Å². The Hall–Kier alpha value is -2.28. The lowest BCUT2D eigenvalue weighted by Crippen LogP contribution is -2.45. The molecule has 0 N–H and O–H groups in total. The molecule has 1 aliphatic heterocycles. The molecule has 0 radical (unpaired) electrons. The van der Waals surface area contributed by atoms with Crippen molar-refractivity contribution in [2.45, 2.75) is 24.9 Å². The van der Waals surface area contributed by atoms with E-state index in [0.29, 0.717) is 13.0 Å². The molecule has 128 valence electrons. The number of hydrogen-bond donors (Lipinski definition) is 0. The van der Waals surface area contributed by atoms with Crippen LogP contribution in [0.3, 0.4) is 0 Å². The van der Waals surface area contributed by atoms with E-state index >= 15 is 0 Å². The van der Waals surface area contributed by atoms with Crippen LogP contribution in [0, 0.1) is 5.82 Å². The number of aromatic nitrogens is 3. The minimum Gasteiger partial charge on any atom is -0.334 e. The zero-order chi connectivity index (χ0) is 17.3. The molecule has 7 heteroatoms. The highest BCUT2D eigenvalue weighted by Crippen LogP contribution is 2.27. The molecule has 0 unspecified atom stereocenters. The van der Waals surface area contributed by atoms with Crippen molar-refractivity contribution in [2.24, 2.45) is 7.05 Å². The summed E-state index contributed by atoms with van der Waals surface area (Å²) in [5, 5.41) is 4.20. The van der Waals surface area contributed by atoms with Gasteiger partial charge in [-0.2, -0.15) is 5.10 Å². The molecular formula is C17H22FN5O. The Kier molecular flexibility index (Phi) is 4.62. The molecular weight excluding hydrogens is 309 g/mol. The number of carbonyl (C=O) groups is 1. The van der Waals surface area contributed by atoms with E-state index in [4.69, 9.17) is 0 Å². The predicted octanol–water partition coefficient (Wildman–Crippen LogP) is 1.34. The van der Waals surface area contributed by atoms with Gasteiger partial charge in [0.1, 0.15) is 0 Å². The zero-order valence-corrected chi connectivity index (χ0v) is 14.2. The van der Waals surface area contributed by atoms with Crippen LogP contribution in [0.5, 0.6) is 0 Å². The summed E-state index contributed by atoms with van der Waals surface area (Å²) in [4.78, 5) is 20.5. The van der Waals surface area contributed by atoms with Gasteiger partial charge in [-0.3, -0.25) is 14.5 Å². The van der Waals surface area contributed by atoms with Gasteiger partial charge in [0, 0.05) is 32.0 Å². The molecule has 0 aromatic carbocycles. The van der Waals surface area contributed by atoms with Crippen LogP contribution in [-0.2, 0) is 13.5 Å². The molecule has 2 atom stereocenters. The van der Waals surface area contributed by atoms with Gasteiger partial charge >= 0.3 is 0 Å². The van der Waals surface area contributed by atoms with E-state index in [-0.39, 0.29) is 23.6 Å². The number of nitrogens with zero attached hydrogens (tertiary/aromatic N) is 5. The number of pyridine rings is 1. The molecule has 0 bridgehead atoms. The molecule has 24 heavy (non-hydrogen) atoms. The van der Waals surface area contributed by atoms with Gasteiger partial charge < -0.3 is 9.80 Å².